The molecule has 1 saturated carbocycles. The number of aromatic nitrogens is 2. The van der Waals surface area contributed by atoms with Crippen molar-refractivity contribution in [3.05, 3.63) is 11.7 Å². The number of rotatable bonds is 8. The molecule has 0 bridgehead atoms. The molecule has 2 rings (SSSR count). The number of ether oxygens (including phenoxy) is 1. The summed E-state index contributed by atoms with van der Waals surface area (Å²) in [7, 11) is 0. The predicted octanol–water partition coefficient (Wildman–Crippen LogP) is 2.30. The largest absolute Gasteiger partial charge is 0.370 e. The Kier molecular flexibility index (Phi) is 4.72. The first-order valence-corrected chi connectivity index (χ1v) is 6.85. The van der Waals surface area contributed by atoms with Gasteiger partial charge in [0.1, 0.15) is 6.10 Å². The van der Waals surface area contributed by atoms with Crippen molar-refractivity contribution in [2.75, 3.05) is 13.2 Å². The van der Waals surface area contributed by atoms with Crippen LogP contribution in [-0.2, 0) is 11.3 Å². The highest BCUT2D eigenvalue weighted by Gasteiger charge is 2.36. The molecule has 1 aromatic rings. The van der Waals surface area contributed by atoms with Gasteiger partial charge in [0, 0.05) is 6.61 Å². The Morgan fingerprint density at radius 3 is 2.83 bits per heavy atom. The molecule has 0 spiro atoms. The zero-order chi connectivity index (χ0) is 13.0. The van der Waals surface area contributed by atoms with Crippen LogP contribution in [0.2, 0.25) is 0 Å². The van der Waals surface area contributed by atoms with Crippen LogP contribution in [0.25, 0.3) is 0 Å². The summed E-state index contributed by atoms with van der Waals surface area (Å²) in [6.07, 6.45) is 2.44. The summed E-state index contributed by atoms with van der Waals surface area (Å²) < 4.78 is 11.0. The molecule has 18 heavy (non-hydrogen) atoms. The van der Waals surface area contributed by atoms with E-state index in [1.807, 2.05) is 6.92 Å². The topological polar surface area (TPSA) is 60.2 Å². The minimum atomic E-state index is 0.0256. The van der Waals surface area contributed by atoms with Crippen molar-refractivity contribution in [1.29, 1.82) is 0 Å². The summed E-state index contributed by atoms with van der Waals surface area (Å²) in [4.78, 5) is 4.42. The molecule has 5 nitrogen and oxygen atoms in total. The van der Waals surface area contributed by atoms with Gasteiger partial charge in [-0.2, -0.15) is 4.98 Å². The number of nitrogens with zero attached hydrogens (tertiary/aromatic N) is 2. The van der Waals surface area contributed by atoms with E-state index in [0.717, 1.165) is 6.54 Å². The van der Waals surface area contributed by atoms with Crippen LogP contribution in [0.5, 0.6) is 0 Å². The van der Waals surface area contributed by atoms with Gasteiger partial charge < -0.3 is 14.6 Å². The monoisotopic (exact) mass is 253 g/mol. The van der Waals surface area contributed by atoms with Crippen LogP contribution in [-0.4, -0.2) is 23.3 Å². The summed E-state index contributed by atoms with van der Waals surface area (Å²) in [5, 5.41) is 7.34. The molecule has 5 heteroatoms. The van der Waals surface area contributed by atoms with E-state index in [-0.39, 0.29) is 6.10 Å². The molecule has 0 aliphatic heterocycles. The molecule has 1 aliphatic rings. The van der Waals surface area contributed by atoms with Crippen LogP contribution in [0.15, 0.2) is 4.52 Å². The van der Waals surface area contributed by atoms with Crippen molar-refractivity contribution < 1.29 is 9.26 Å². The van der Waals surface area contributed by atoms with Gasteiger partial charge in [0.2, 0.25) is 11.7 Å². The maximum absolute atomic E-state index is 5.70. The zero-order valence-electron chi connectivity index (χ0n) is 11.5. The quantitative estimate of drug-likeness (QED) is 0.770. The van der Waals surface area contributed by atoms with Crippen molar-refractivity contribution in [3.63, 3.8) is 0 Å². The molecule has 1 atom stereocenters. The first-order chi connectivity index (χ1) is 8.70. The maximum atomic E-state index is 5.70. The zero-order valence-corrected chi connectivity index (χ0v) is 11.5. The van der Waals surface area contributed by atoms with E-state index >= 15 is 0 Å². The molecular formula is C13H23N3O2. The van der Waals surface area contributed by atoms with Crippen LogP contribution in [0.4, 0.5) is 0 Å². The summed E-state index contributed by atoms with van der Waals surface area (Å²) in [5.41, 5.74) is 0. The second-order valence-corrected chi connectivity index (χ2v) is 5.28. The van der Waals surface area contributed by atoms with E-state index in [4.69, 9.17) is 9.26 Å². The highest BCUT2D eigenvalue weighted by Crippen LogP contribution is 2.42. The highest BCUT2D eigenvalue weighted by atomic mass is 16.5. The Hall–Kier alpha value is -0.940. The molecule has 1 fully saturated rings. The average Bonchev–Trinajstić information content (AvgIpc) is 3.06. The first-order valence-electron chi connectivity index (χ1n) is 6.85. The van der Waals surface area contributed by atoms with E-state index in [1.54, 1.807) is 0 Å². The van der Waals surface area contributed by atoms with Gasteiger partial charge in [-0.1, -0.05) is 19.0 Å². The smallest absolute Gasteiger partial charge is 0.240 e. The summed E-state index contributed by atoms with van der Waals surface area (Å²) in [5.74, 6) is 2.56. The molecule has 0 radical (unpaired) electrons. The fraction of sp³-hybridized carbons (Fsp3) is 0.846. The van der Waals surface area contributed by atoms with Gasteiger partial charge in [-0.05, 0) is 38.1 Å². The van der Waals surface area contributed by atoms with Gasteiger partial charge in [0.15, 0.2) is 0 Å². The lowest BCUT2D eigenvalue weighted by atomic mass is 10.2. The second kappa shape index (κ2) is 6.29. The Bertz CT molecular complexity index is 361. The van der Waals surface area contributed by atoms with E-state index in [2.05, 4.69) is 29.3 Å². The van der Waals surface area contributed by atoms with Gasteiger partial charge in [-0.3, -0.25) is 0 Å². The maximum Gasteiger partial charge on any atom is 0.240 e. The third-order valence-electron chi connectivity index (χ3n) is 2.96. The normalized spacial score (nSPS) is 17.3. The van der Waals surface area contributed by atoms with Crippen molar-refractivity contribution in [2.45, 2.75) is 46.3 Å². The minimum absolute atomic E-state index is 0.0256. The molecule has 102 valence electrons. The number of hydrogen-bond acceptors (Lipinski definition) is 5. The van der Waals surface area contributed by atoms with Crippen LogP contribution in [0.1, 0.15) is 51.4 Å². The standard InChI is InChI=1S/C13H23N3O2/c1-4-17-12(10-5-6-10)13-15-11(18-16-13)8-14-7-9(2)3/h9-10,12,14H,4-8H2,1-3H3. The van der Waals surface area contributed by atoms with Crippen molar-refractivity contribution in [1.82, 2.24) is 15.5 Å². The predicted molar refractivity (Wildman–Crippen MR) is 67.9 cm³/mol. The van der Waals surface area contributed by atoms with Gasteiger partial charge in [0.25, 0.3) is 0 Å². The lowest BCUT2D eigenvalue weighted by molar-refractivity contribution is 0.0384. The Labute approximate surface area is 108 Å². The highest BCUT2D eigenvalue weighted by molar-refractivity contribution is 4.98. The summed E-state index contributed by atoms with van der Waals surface area (Å²) >= 11 is 0. The molecule has 1 aromatic heterocycles. The van der Waals surface area contributed by atoms with Crippen molar-refractivity contribution in [3.8, 4) is 0 Å². The lowest BCUT2D eigenvalue weighted by Gasteiger charge is -2.11. The molecule has 1 N–H and O–H groups in total. The molecule has 0 saturated heterocycles. The second-order valence-electron chi connectivity index (χ2n) is 5.28. The third kappa shape index (κ3) is 3.78. The first kappa shape index (κ1) is 13.5. The van der Waals surface area contributed by atoms with Crippen molar-refractivity contribution in [2.24, 2.45) is 11.8 Å². The lowest BCUT2D eigenvalue weighted by Crippen LogP contribution is -2.19. The van der Waals surface area contributed by atoms with Crippen molar-refractivity contribution >= 4 is 0 Å². The van der Waals surface area contributed by atoms with E-state index in [0.29, 0.717) is 36.7 Å². The Morgan fingerprint density at radius 1 is 1.44 bits per heavy atom. The Morgan fingerprint density at radius 2 is 2.22 bits per heavy atom. The average molecular weight is 253 g/mol. The van der Waals surface area contributed by atoms with E-state index in [1.165, 1.54) is 12.8 Å². The fourth-order valence-corrected chi connectivity index (χ4v) is 1.92. The molecule has 1 aliphatic carbocycles. The molecule has 0 aromatic carbocycles. The van der Waals surface area contributed by atoms with Crippen LogP contribution in [0, 0.1) is 11.8 Å². The fourth-order valence-electron chi connectivity index (χ4n) is 1.92. The minimum Gasteiger partial charge on any atom is -0.370 e. The van der Waals surface area contributed by atoms with E-state index in [9.17, 15) is 0 Å². The van der Waals surface area contributed by atoms with Gasteiger partial charge in [0.05, 0.1) is 6.54 Å². The van der Waals surface area contributed by atoms with E-state index < -0.39 is 0 Å². The summed E-state index contributed by atoms with van der Waals surface area (Å²) in [6.45, 7) is 8.62. The van der Waals surface area contributed by atoms with Gasteiger partial charge >= 0.3 is 0 Å². The number of nitrogens with one attached hydrogen (secondary N) is 1. The number of hydrogen-bond donors (Lipinski definition) is 1. The molecular weight excluding hydrogens is 230 g/mol. The van der Waals surface area contributed by atoms with Crippen LogP contribution >= 0.6 is 0 Å². The molecule has 1 heterocycles. The Balaban J connectivity index is 1.87. The van der Waals surface area contributed by atoms with Crippen LogP contribution < -0.4 is 5.32 Å². The van der Waals surface area contributed by atoms with Gasteiger partial charge in [-0.25, -0.2) is 0 Å². The summed E-state index contributed by atoms with van der Waals surface area (Å²) in [6, 6.07) is 0. The molecule has 0 amide bonds. The SMILES string of the molecule is CCOC(c1noc(CNCC(C)C)n1)C1CC1. The van der Waals surface area contributed by atoms with Crippen LogP contribution in [0.3, 0.4) is 0 Å². The van der Waals surface area contributed by atoms with Gasteiger partial charge in [-0.15, -0.1) is 0 Å². The molecule has 1 unspecified atom stereocenters. The third-order valence-corrected chi connectivity index (χ3v) is 2.96.